The van der Waals surface area contributed by atoms with Crippen molar-refractivity contribution in [2.24, 2.45) is 5.92 Å². The zero-order valence-corrected chi connectivity index (χ0v) is 5.86. The Hall–Kier alpha value is -0.830. The van der Waals surface area contributed by atoms with Crippen LogP contribution in [0.15, 0.2) is 12.4 Å². The van der Waals surface area contributed by atoms with E-state index in [9.17, 15) is 5.11 Å². The van der Waals surface area contributed by atoms with Crippen molar-refractivity contribution in [3.05, 3.63) is 18.2 Å². The quantitative estimate of drug-likeness (QED) is 0.569. The van der Waals surface area contributed by atoms with Crippen molar-refractivity contribution in [2.75, 3.05) is 0 Å². The minimum atomic E-state index is -0.352. The molecule has 2 heterocycles. The summed E-state index contributed by atoms with van der Waals surface area (Å²) in [5.74, 6) is 1.14. The maximum absolute atomic E-state index is 9.46. The number of hydrogen-bond donors (Lipinski definition) is 1. The molecule has 0 bridgehead atoms. The second kappa shape index (κ2) is 1.83. The van der Waals surface area contributed by atoms with E-state index in [4.69, 9.17) is 0 Å². The summed E-state index contributed by atoms with van der Waals surface area (Å²) in [6.07, 6.45) is 3.28. The second-order valence-electron chi connectivity index (χ2n) is 2.86. The van der Waals surface area contributed by atoms with Crippen LogP contribution < -0.4 is 0 Å². The van der Waals surface area contributed by atoms with Gasteiger partial charge in [0, 0.05) is 24.9 Å². The Balaban J connectivity index is 2.43. The number of nitrogens with zero attached hydrogens (tertiary/aromatic N) is 2. The number of aromatic nitrogens is 2. The fourth-order valence-corrected chi connectivity index (χ4v) is 1.41. The number of fused-ring (bicyclic) bond motifs is 1. The van der Waals surface area contributed by atoms with Crippen LogP contribution in [-0.2, 0) is 6.54 Å². The molecule has 0 saturated heterocycles. The van der Waals surface area contributed by atoms with Crippen LogP contribution in [0.25, 0.3) is 0 Å². The highest BCUT2D eigenvalue weighted by Gasteiger charge is 2.27. The summed E-state index contributed by atoms with van der Waals surface area (Å²) in [5, 5.41) is 9.46. The first-order valence-electron chi connectivity index (χ1n) is 3.48. The molecule has 3 heteroatoms. The van der Waals surface area contributed by atoms with Crippen molar-refractivity contribution in [3.8, 4) is 0 Å². The van der Waals surface area contributed by atoms with E-state index in [1.165, 1.54) is 0 Å². The molecule has 3 nitrogen and oxygen atoms in total. The Morgan fingerprint density at radius 3 is 3.30 bits per heavy atom. The van der Waals surface area contributed by atoms with Crippen molar-refractivity contribution in [1.82, 2.24) is 9.55 Å². The molecule has 0 fully saturated rings. The second-order valence-corrected chi connectivity index (χ2v) is 2.86. The van der Waals surface area contributed by atoms with Gasteiger partial charge in [-0.15, -0.1) is 0 Å². The molecule has 2 atom stereocenters. The Bertz CT molecular complexity index is 244. The van der Waals surface area contributed by atoms with Crippen molar-refractivity contribution in [1.29, 1.82) is 0 Å². The van der Waals surface area contributed by atoms with E-state index in [1.807, 2.05) is 17.7 Å². The fraction of sp³-hybridized carbons (Fsp3) is 0.571. The topological polar surface area (TPSA) is 38.0 Å². The smallest absolute Gasteiger partial charge is 0.137 e. The molecule has 1 N–H and O–H groups in total. The van der Waals surface area contributed by atoms with E-state index in [2.05, 4.69) is 4.98 Å². The summed E-state index contributed by atoms with van der Waals surface area (Å²) in [5.41, 5.74) is 0. The van der Waals surface area contributed by atoms with Gasteiger partial charge >= 0.3 is 0 Å². The Labute approximate surface area is 59.3 Å². The third-order valence-electron chi connectivity index (χ3n) is 2.04. The molecule has 0 radical (unpaired) electrons. The lowest BCUT2D eigenvalue weighted by molar-refractivity contribution is 0.129. The Kier molecular flexibility index (Phi) is 1.08. The van der Waals surface area contributed by atoms with E-state index >= 15 is 0 Å². The van der Waals surface area contributed by atoms with Crippen LogP contribution in [-0.4, -0.2) is 14.7 Å². The van der Waals surface area contributed by atoms with Gasteiger partial charge in [-0.2, -0.15) is 0 Å². The first-order chi connectivity index (χ1) is 4.79. The average Bonchev–Trinajstić information content (AvgIpc) is 2.41. The highest BCUT2D eigenvalue weighted by atomic mass is 16.3. The molecule has 2 rings (SSSR count). The summed E-state index contributed by atoms with van der Waals surface area (Å²) in [7, 11) is 0. The molecule has 1 aromatic heterocycles. The van der Waals surface area contributed by atoms with E-state index in [1.54, 1.807) is 6.20 Å². The Morgan fingerprint density at radius 1 is 1.80 bits per heavy atom. The predicted octanol–water partition coefficient (Wildman–Crippen LogP) is 0.566. The molecule has 1 aliphatic rings. The van der Waals surface area contributed by atoms with Gasteiger partial charge in [0.2, 0.25) is 0 Å². The highest BCUT2D eigenvalue weighted by molar-refractivity contribution is 5.03. The first-order valence-corrected chi connectivity index (χ1v) is 3.48. The summed E-state index contributed by atoms with van der Waals surface area (Å²) in [4.78, 5) is 4.04. The zero-order chi connectivity index (χ0) is 7.14. The normalized spacial score (nSPS) is 30.6. The largest absolute Gasteiger partial charge is 0.385 e. The third-order valence-corrected chi connectivity index (χ3v) is 2.04. The standard InChI is InChI=1S/C7H10N2O/c1-5-4-9-3-2-8-7(9)6(5)10/h2-3,5-6,10H,4H2,1H3/t5-,6+/m1/s1. The molecule has 54 valence electrons. The van der Waals surface area contributed by atoms with E-state index in [-0.39, 0.29) is 6.10 Å². The van der Waals surface area contributed by atoms with Crippen molar-refractivity contribution >= 4 is 0 Å². The first kappa shape index (κ1) is 5.92. The van der Waals surface area contributed by atoms with E-state index < -0.39 is 0 Å². The number of hydrogen-bond acceptors (Lipinski definition) is 2. The van der Waals surface area contributed by atoms with Crippen LogP contribution in [0, 0.1) is 5.92 Å². The van der Waals surface area contributed by atoms with Crippen molar-refractivity contribution in [3.63, 3.8) is 0 Å². The van der Waals surface area contributed by atoms with Gasteiger partial charge in [-0.3, -0.25) is 0 Å². The van der Waals surface area contributed by atoms with Gasteiger partial charge in [-0.1, -0.05) is 6.92 Å². The van der Waals surface area contributed by atoms with Gasteiger partial charge in [-0.25, -0.2) is 4.98 Å². The summed E-state index contributed by atoms with van der Waals surface area (Å²) in [6, 6.07) is 0. The lowest BCUT2D eigenvalue weighted by atomic mass is 10.1. The summed E-state index contributed by atoms with van der Waals surface area (Å²) < 4.78 is 2.00. The van der Waals surface area contributed by atoms with Crippen molar-refractivity contribution in [2.45, 2.75) is 19.6 Å². The predicted molar refractivity (Wildman–Crippen MR) is 36.4 cm³/mol. The zero-order valence-electron chi connectivity index (χ0n) is 5.86. The van der Waals surface area contributed by atoms with Gasteiger partial charge in [0.15, 0.2) is 0 Å². The van der Waals surface area contributed by atoms with E-state index in [0.29, 0.717) is 5.92 Å². The minimum Gasteiger partial charge on any atom is -0.385 e. The van der Waals surface area contributed by atoms with E-state index in [0.717, 1.165) is 12.4 Å². The van der Waals surface area contributed by atoms with Crippen LogP contribution in [0.3, 0.4) is 0 Å². The molecule has 1 aliphatic heterocycles. The third kappa shape index (κ3) is 0.609. The molecule has 1 aromatic rings. The van der Waals surface area contributed by atoms with Gasteiger partial charge in [0.25, 0.3) is 0 Å². The highest BCUT2D eigenvalue weighted by Crippen LogP contribution is 2.28. The van der Waals surface area contributed by atoms with Gasteiger partial charge in [0.1, 0.15) is 11.9 Å². The van der Waals surface area contributed by atoms with Crippen LogP contribution in [0.4, 0.5) is 0 Å². The molecule has 0 saturated carbocycles. The summed E-state index contributed by atoms with van der Waals surface area (Å²) >= 11 is 0. The molecule has 10 heavy (non-hydrogen) atoms. The lowest BCUT2D eigenvalue weighted by Crippen LogP contribution is -2.02. The minimum absolute atomic E-state index is 0.323. The summed E-state index contributed by atoms with van der Waals surface area (Å²) in [6.45, 7) is 2.93. The van der Waals surface area contributed by atoms with Gasteiger partial charge in [-0.05, 0) is 0 Å². The molecule has 0 spiro atoms. The van der Waals surface area contributed by atoms with Crippen LogP contribution >= 0.6 is 0 Å². The lowest BCUT2D eigenvalue weighted by Gasteiger charge is -2.03. The van der Waals surface area contributed by atoms with Gasteiger partial charge < -0.3 is 9.67 Å². The maximum atomic E-state index is 9.46. The monoisotopic (exact) mass is 138 g/mol. The van der Waals surface area contributed by atoms with Gasteiger partial charge in [0.05, 0.1) is 0 Å². The molecular weight excluding hydrogens is 128 g/mol. The molecular formula is C7H10N2O. The fourth-order valence-electron chi connectivity index (χ4n) is 1.41. The SMILES string of the molecule is C[C@@H]1Cn2ccnc2[C@H]1O. The van der Waals surface area contributed by atoms with Crippen LogP contribution in [0.1, 0.15) is 18.9 Å². The Morgan fingerprint density at radius 2 is 2.60 bits per heavy atom. The number of imidazole rings is 1. The average molecular weight is 138 g/mol. The molecule has 0 aliphatic carbocycles. The maximum Gasteiger partial charge on any atom is 0.137 e. The van der Waals surface area contributed by atoms with Crippen LogP contribution in [0.2, 0.25) is 0 Å². The van der Waals surface area contributed by atoms with Crippen LogP contribution in [0.5, 0.6) is 0 Å². The molecule has 0 aromatic carbocycles. The molecule has 0 unspecified atom stereocenters. The van der Waals surface area contributed by atoms with Crippen molar-refractivity contribution < 1.29 is 5.11 Å². The number of rotatable bonds is 0. The number of aliphatic hydroxyl groups excluding tert-OH is 1. The molecule has 0 amide bonds. The number of aliphatic hydroxyl groups is 1.